The molecule has 2 atom stereocenters. The fraction of sp³-hybridized carbons (Fsp3) is 0.500. The highest BCUT2D eigenvalue weighted by atomic mass is 16.3. The number of benzene rings is 1. The molecule has 2 nitrogen and oxygen atoms in total. The van der Waals surface area contributed by atoms with Gasteiger partial charge in [0.25, 0.3) is 0 Å². The highest BCUT2D eigenvalue weighted by Crippen LogP contribution is 2.53. The van der Waals surface area contributed by atoms with Crippen LogP contribution in [0.4, 0.5) is 0 Å². The number of nitrogens with one attached hydrogen (secondary N) is 1. The summed E-state index contributed by atoms with van der Waals surface area (Å²) in [5, 5.41) is 4.78. The quantitative estimate of drug-likeness (QED) is 0.883. The van der Waals surface area contributed by atoms with Crippen LogP contribution >= 0.6 is 0 Å². The predicted octanol–water partition coefficient (Wildman–Crippen LogP) is 3.92. The summed E-state index contributed by atoms with van der Waals surface area (Å²) in [6.45, 7) is 7.88. The highest BCUT2D eigenvalue weighted by molar-refractivity contribution is 5.77. The van der Waals surface area contributed by atoms with Gasteiger partial charge in [0.2, 0.25) is 0 Å². The average Bonchev–Trinajstić information content (AvgIpc) is 2.76. The number of para-hydroxylation sites is 1. The first-order valence-corrected chi connectivity index (χ1v) is 6.84. The van der Waals surface area contributed by atoms with Gasteiger partial charge >= 0.3 is 0 Å². The molecule has 1 fully saturated rings. The molecule has 2 heteroatoms. The molecule has 0 amide bonds. The average molecular weight is 243 g/mol. The lowest BCUT2D eigenvalue weighted by molar-refractivity contribution is 0.0579. The minimum absolute atomic E-state index is 0.282. The van der Waals surface area contributed by atoms with E-state index in [0.717, 1.165) is 17.9 Å². The molecule has 1 aliphatic rings. The Hall–Kier alpha value is -1.28. The zero-order valence-electron chi connectivity index (χ0n) is 11.4. The summed E-state index contributed by atoms with van der Waals surface area (Å²) in [5.74, 6) is 1.68. The first-order chi connectivity index (χ1) is 8.63. The maximum Gasteiger partial charge on any atom is 0.134 e. The van der Waals surface area contributed by atoms with Gasteiger partial charge in [0.15, 0.2) is 0 Å². The SMILES string of the molecule is CCNC1CC(c2cc3ccccc3o2)C1(C)C. The van der Waals surface area contributed by atoms with Crippen LogP contribution in [0.2, 0.25) is 0 Å². The van der Waals surface area contributed by atoms with Crippen molar-refractivity contribution < 1.29 is 4.42 Å². The second kappa shape index (κ2) is 4.13. The Morgan fingerprint density at radius 3 is 2.78 bits per heavy atom. The molecular formula is C16H21NO. The first-order valence-electron chi connectivity index (χ1n) is 6.84. The smallest absolute Gasteiger partial charge is 0.134 e. The van der Waals surface area contributed by atoms with Crippen molar-refractivity contribution >= 4 is 11.0 Å². The Balaban J connectivity index is 1.88. The van der Waals surface area contributed by atoms with Crippen LogP contribution in [0, 0.1) is 5.41 Å². The van der Waals surface area contributed by atoms with E-state index in [0.29, 0.717) is 12.0 Å². The molecule has 1 saturated carbocycles. The van der Waals surface area contributed by atoms with Crippen molar-refractivity contribution in [2.24, 2.45) is 5.41 Å². The predicted molar refractivity (Wildman–Crippen MR) is 74.8 cm³/mol. The molecule has 1 heterocycles. The largest absolute Gasteiger partial charge is 0.461 e. The lowest BCUT2D eigenvalue weighted by Gasteiger charge is -2.51. The Morgan fingerprint density at radius 2 is 2.11 bits per heavy atom. The summed E-state index contributed by atoms with van der Waals surface area (Å²) in [7, 11) is 0. The molecule has 0 bridgehead atoms. The van der Waals surface area contributed by atoms with E-state index in [2.05, 4.69) is 44.3 Å². The second-order valence-corrected chi connectivity index (χ2v) is 5.91. The van der Waals surface area contributed by atoms with Crippen molar-refractivity contribution in [2.45, 2.75) is 39.2 Å². The number of furan rings is 1. The van der Waals surface area contributed by atoms with Gasteiger partial charge in [-0.2, -0.15) is 0 Å². The van der Waals surface area contributed by atoms with Crippen LogP contribution in [0.1, 0.15) is 38.9 Å². The van der Waals surface area contributed by atoms with Crippen LogP contribution < -0.4 is 5.32 Å². The van der Waals surface area contributed by atoms with Crippen LogP contribution in [0.15, 0.2) is 34.7 Å². The van der Waals surface area contributed by atoms with Gasteiger partial charge in [-0.15, -0.1) is 0 Å². The van der Waals surface area contributed by atoms with Gasteiger partial charge in [-0.25, -0.2) is 0 Å². The third kappa shape index (κ3) is 1.67. The fourth-order valence-electron chi connectivity index (χ4n) is 3.18. The molecule has 1 aromatic carbocycles. The van der Waals surface area contributed by atoms with Crippen LogP contribution in [0.3, 0.4) is 0 Å². The molecule has 2 unspecified atom stereocenters. The van der Waals surface area contributed by atoms with E-state index in [1.807, 2.05) is 12.1 Å². The van der Waals surface area contributed by atoms with E-state index in [1.165, 1.54) is 11.8 Å². The molecule has 0 radical (unpaired) electrons. The van der Waals surface area contributed by atoms with Crippen LogP contribution in [-0.2, 0) is 0 Å². The van der Waals surface area contributed by atoms with Crippen LogP contribution in [0.5, 0.6) is 0 Å². The van der Waals surface area contributed by atoms with Crippen molar-refractivity contribution in [3.05, 3.63) is 36.1 Å². The van der Waals surface area contributed by atoms with Crippen molar-refractivity contribution in [1.29, 1.82) is 0 Å². The summed E-state index contributed by atoms with van der Waals surface area (Å²) in [6.07, 6.45) is 1.18. The number of fused-ring (bicyclic) bond motifs is 1. The Morgan fingerprint density at radius 1 is 1.33 bits per heavy atom. The molecule has 1 aromatic heterocycles. The fourth-order valence-corrected chi connectivity index (χ4v) is 3.18. The van der Waals surface area contributed by atoms with Gasteiger partial charge in [0, 0.05) is 17.3 Å². The molecular weight excluding hydrogens is 222 g/mol. The van der Waals surface area contributed by atoms with E-state index in [4.69, 9.17) is 4.42 Å². The van der Waals surface area contributed by atoms with E-state index < -0.39 is 0 Å². The van der Waals surface area contributed by atoms with Crippen LogP contribution in [-0.4, -0.2) is 12.6 Å². The zero-order chi connectivity index (χ0) is 12.8. The molecule has 3 rings (SSSR count). The maximum atomic E-state index is 6.01. The molecule has 0 spiro atoms. The molecule has 0 aliphatic heterocycles. The Bertz CT molecular complexity index is 522. The van der Waals surface area contributed by atoms with Crippen molar-refractivity contribution in [1.82, 2.24) is 5.32 Å². The topological polar surface area (TPSA) is 25.2 Å². The zero-order valence-corrected chi connectivity index (χ0v) is 11.4. The van der Waals surface area contributed by atoms with Gasteiger partial charge in [0.1, 0.15) is 11.3 Å². The van der Waals surface area contributed by atoms with Gasteiger partial charge in [-0.05, 0) is 30.5 Å². The third-order valence-electron chi connectivity index (χ3n) is 4.51. The molecule has 1 aliphatic carbocycles. The van der Waals surface area contributed by atoms with E-state index in [-0.39, 0.29) is 5.41 Å². The molecule has 1 N–H and O–H groups in total. The monoisotopic (exact) mass is 243 g/mol. The third-order valence-corrected chi connectivity index (χ3v) is 4.51. The summed E-state index contributed by atoms with van der Waals surface area (Å²) in [5.41, 5.74) is 1.29. The van der Waals surface area contributed by atoms with Crippen LogP contribution in [0.25, 0.3) is 11.0 Å². The number of hydrogen-bond donors (Lipinski definition) is 1. The van der Waals surface area contributed by atoms with Crippen molar-refractivity contribution in [3.8, 4) is 0 Å². The first kappa shape index (κ1) is 11.8. The summed E-state index contributed by atoms with van der Waals surface area (Å²) in [6, 6.07) is 11.1. The lowest BCUT2D eigenvalue weighted by Crippen LogP contribution is -2.55. The summed E-state index contributed by atoms with van der Waals surface area (Å²) < 4.78 is 6.01. The highest BCUT2D eigenvalue weighted by Gasteiger charge is 2.49. The lowest BCUT2D eigenvalue weighted by atomic mass is 9.57. The maximum absolute atomic E-state index is 6.01. The van der Waals surface area contributed by atoms with E-state index in [9.17, 15) is 0 Å². The van der Waals surface area contributed by atoms with Gasteiger partial charge in [0.05, 0.1) is 0 Å². The number of hydrogen-bond acceptors (Lipinski definition) is 2. The van der Waals surface area contributed by atoms with Gasteiger partial charge in [-0.1, -0.05) is 39.0 Å². The standard InChI is InChI=1S/C16H21NO/c1-4-17-15-10-12(16(15,2)3)14-9-11-7-5-6-8-13(11)18-14/h5-9,12,15,17H,4,10H2,1-3H3. The summed E-state index contributed by atoms with van der Waals surface area (Å²) >= 11 is 0. The van der Waals surface area contributed by atoms with Gasteiger partial charge in [-0.3, -0.25) is 0 Å². The number of rotatable bonds is 3. The van der Waals surface area contributed by atoms with Crippen molar-refractivity contribution in [2.75, 3.05) is 6.54 Å². The molecule has 18 heavy (non-hydrogen) atoms. The van der Waals surface area contributed by atoms with Crippen molar-refractivity contribution in [3.63, 3.8) is 0 Å². The molecule has 0 saturated heterocycles. The minimum atomic E-state index is 0.282. The van der Waals surface area contributed by atoms with E-state index >= 15 is 0 Å². The van der Waals surface area contributed by atoms with Gasteiger partial charge < -0.3 is 9.73 Å². The molecule has 2 aromatic rings. The second-order valence-electron chi connectivity index (χ2n) is 5.91. The Labute approximate surface area is 108 Å². The molecule has 96 valence electrons. The minimum Gasteiger partial charge on any atom is -0.461 e. The van der Waals surface area contributed by atoms with E-state index in [1.54, 1.807) is 0 Å². The Kier molecular flexibility index (Phi) is 2.70. The normalized spacial score (nSPS) is 26.2. The summed E-state index contributed by atoms with van der Waals surface area (Å²) in [4.78, 5) is 0.